The molecule has 0 bridgehead atoms. The number of carbonyl (C=O) groups excluding carboxylic acids is 3. The lowest BCUT2D eigenvalue weighted by Gasteiger charge is -2.27. The van der Waals surface area contributed by atoms with E-state index in [-0.39, 0.29) is 13.1 Å². The van der Waals surface area contributed by atoms with E-state index in [9.17, 15) is 19.6 Å². The molecule has 0 aliphatic heterocycles. The van der Waals surface area contributed by atoms with Crippen LogP contribution in [-0.2, 0) is 25.7 Å². The van der Waals surface area contributed by atoms with Gasteiger partial charge in [0.1, 0.15) is 12.6 Å². The van der Waals surface area contributed by atoms with Crippen molar-refractivity contribution >= 4 is 18.3 Å². The summed E-state index contributed by atoms with van der Waals surface area (Å²) in [5.41, 5.74) is 0.849. The Kier molecular flexibility index (Phi) is 7.27. The van der Waals surface area contributed by atoms with Gasteiger partial charge in [0.05, 0.1) is 19.1 Å². The summed E-state index contributed by atoms with van der Waals surface area (Å²) < 4.78 is 4.43. The Labute approximate surface area is 134 Å². The molecule has 7 nitrogen and oxygen atoms in total. The number of esters is 1. The number of carbonyl (C=O) groups is 3. The maximum absolute atomic E-state index is 12.0. The van der Waals surface area contributed by atoms with Crippen molar-refractivity contribution in [2.24, 2.45) is 5.92 Å². The number of ether oxygens (including phenoxy) is 1. The third-order valence-electron chi connectivity index (χ3n) is 3.35. The fourth-order valence-corrected chi connectivity index (χ4v) is 2.00. The molecule has 0 spiro atoms. The van der Waals surface area contributed by atoms with Gasteiger partial charge in [-0.15, -0.1) is 0 Å². The Balaban J connectivity index is 2.75. The predicted molar refractivity (Wildman–Crippen MR) is 81.6 cm³/mol. The van der Waals surface area contributed by atoms with Gasteiger partial charge in [-0.05, 0) is 5.56 Å². The number of amides is 2. The van der Waals surface area contributed by atoms with Crippen molar-refractivity contribution in [2.45, 2.75) is 19.5 Å². The van der Waals surface area contributed by atoms with Crippen LogP contribution >= 0.6 is 0 Å². The Bertz CT molecular complexity index is 583. The molecule has 7 heteroatoms. The summed E-state index contributed by atoms with van der Waals surface area (Å²) in [4.78, 5) is 35.6. The Morgan fingerprint density at radius 1 is 1.39 bits per heavy atom. The number of nitriles is 1. The second-order valence-electron chi connectivity index (χ2n) is 4.92. The second kappa shape index (κ2) is 9.20. The molecule has 0 radical (unpaired) electrons. The van der Waals surface area contributed by atoms with Gasteiger partial charge in [-0.3, -0.25) is 14.4 Å². The molecule has 0 saturated carbocycles. The van der Waals surface area contributed by atoms with Gasteiger partial charge in [0, 0.05) is 6.54 Å². The zero-order valence-electron chi connectivity index (χ0n) is 13.1. The van der Waals surface area contributed by atoms with Crippen molar-refractivity contribution in [2.75, 3.05) is 13.7 Å². The van der Waals surface area contributed by atoms with Crippen LogP contribution in [0.5, 0.6) is 0 Å². The molecule has 2 atom stereocenters. The van der Waals surface area contributed by atoms with Gasteiger partial charge in [0.25, 0.3) is 0 Å². The second-order valence-corrected chi connectivity index (χ2v) is 4.92. The zero-order valence-corrected chi connectivity index (χ0v) is 13.1. The molecule has 1 N–H and O–H groups in total. The van der Waals surface area contributed by atoms with Crippen LogP contribution in [0.25, 0.3) is 0 Å². The first kappa shape index (κ1) is 18.2. The van der Waals surface area contributed by atoms with Gasteiger partial charge >= 0.3 is 5.97 Å². The van der Waals surface area contributed by atoms with E-state index >= 15 is 0 Å². The van der Waals surface area contributed by atoms with Gasteiger partial charge in [-0.1, -0.05) is 37.3 Å². The van der Waals surface area contributed by atoms with E-state index in [1.54, 1.807) is 0 Å². The molecule has 1 rings (SSSR count). The van der Waals surface area contributed by atoms with Crippen molar-refractivity contribution in [1.82, 2.24) is 10.2 Å². The third kappa shape index (κ3) is 5.43. The number of rotatable bonds is 8. The quantitative estimate of drug-likeness (QED) is 0.555. The van der Waals surface area contributed by atoms with Crippen molar-refractivity contribution in [3.63, 3.8) is 0 Å². The van der Waals surface area contributed by atoms with Crippen LogP contribution < -0.4 is 5.32 Å². The van der Waals surface area contributed by atoms with Gasteiger partial charge in [0.15, 0.2) is 0 Å². The van der Waals surface area contributed by atoms with Crippen LogP contribution in [0.15, 0.2) is 30.3 Å². The van der Waals surface area contributed by atoms with Crippen LogP contribution in [0.1, 0.15) is 12.5 Å². The minimum Gasteiger partial charge on any atom is -0.468 e. The highest BCUT2D eigenvalue weighted by atomic mass is 16.5. The lowest BCUT2D eigenvalue weighted by atomic mass is 10.00. The topological polar surface area (TPSA) is 99.5 Å². The molecule has 0 saturated heterocycles. The minimum atomic E-state index is -0.939. The molecule has 1 aromatic rings. The normalized spacial score (nSPS) is 12.4. The van der Waals surface area contributed by atoms with Crippen LogP contribution in [-0.4, -0.2) is 42.9 Å². The van der Waals surface area contributed by atoms with E-state index in [0.717, 1.165) is 5.56 Å². The van der Waals surface area contributed by atoms with E-state index in [2.05, 4.69) is 10.1 Å². The van der Waals surface area contributed by atoms with Crippen molar-refractivity contribution in [1.29, 1.82) is 5.26 Å². The van der Waals surface area contributed by atoms with Crippen LogP contribution in [0.4, 0.5) is 0 Å². The van der Waals surface area contributed by atoms with Crippen LogP contribution in [0, 0.1) is 17.2 Å². The molecule has 2 amide bonds. The summed E-state index contributed by atoms with van der Waals surface area (Å²) >= 11 is 0. The maximum atomic E-state index is 12.0. The SMILES string of the molecule is COC(=O)CNC(=O)C(C)C(C#N)N(C=O)Cc1ccccc1. The molecule has 0 heterocycles. The van der Waals surface area contributed by atoms with Crippen LogP contribution in [0.3, 0.4) is 0 Å². The number of benzene rings is 1. The molecular weight excluding hydrogens is 298 g/mol. The predicted octanol–water partition coefficient (Wildman–Crippen LogP) is 0.462. The fraction of sp³-hybridized carbons (Fsp3) is 0.375. The lowest BCUT2D eigenvalue weighted by molar-refractivity contribution is -0.142. The highest BCUT2D eigenvalue weighted by molar-refractivity contribution is 5.84. The highest BCUT2D eigenvalue weighted by Crippen LogP contribution is 2.13. The number of methoxy groups -OCH3 is 1. The molecule has 0 fully saturated rings. The van der Waals surface area contributed by atoms with Gasteiger partial charge in [-0.25, -0.2) is 0 Å². The average Bonchev–Trinajstić information content (AvgIpc) is 2.59. The largest absolute Gasteiger partial charge is 0.468 e. The highest BCUT2D eigenvalue weighted by Gasteiger charge is 2.29. The summed E-state index contributed by atoms with van der Waals surface area (Å²) in [5, 5.41) is 11.7. The summed E-state index contributed by atoms with van der Waals surface area (Å²) in [7, 11) is 1.21. The monoisotopic (exact) mass is 317 g/mol. The van der Waals surface area contributed by atoms with Crippen LogP contribution in [0.2, 0.25) is 0 Å². The smallest absolute Gasteiger partial charge is 0.325 e. The van der Waals surface area contributed by atoms with E-state index in [4.69, 9.17) is 0 Å². The van der Waals surface area contributed by atoms with Gasteiger partial charge in [0.2, 0.25) is 12.3 Å². The Morgan fingerprint density at radius 2 is 2.04 bits per heavy atom. The number of nitrogens with zero attached hydrogens (tertiary/aromatic N) is 2. The standard InChI is InChI=1S/C16H19N3O4/c1-12(16(22)18-9-15(21)23-2)14(8-17)19(11-20)10-13-6-4-3-5-7-13/h3-7,11-12,14H,9-10H2,1-2H3,(H,18,22). The van der Waals surface area contributed by atoms with E-state index in [1.807, 2.05) is 36.4 Å². The van der Waals surface area contributed by atoms with E-state index in [1.165, 1.54) is 18.9 Å². The Hall–Kier alpha value is -2.88. The summed E-state index contributed by atoms with van der Waals surface area (Å²) in [6.07, 6.45) is 0.547. The van der Waals surface area contributed by atoms with Crippen molar-refractivity contribution in [3.05, 3.63) is 35.9 Å². The minimum absolute atomic E-state index is 0.219. The first-order chi connectivity index (χ1) is 11.0. The average molecular weight is 317 g/mol. The van der Waals surface area contributed by atoms with Gasteiger partial charge < -0.3 is 15.0 Å². The summed E-state index contributed by atoms with van der Waals surface area (Å²) in [6.45, 7) is 1.47. The molecule has 0 aromatic heterocycles. The molecule has 0 aliphatic rings. The molecule has 2 unspecified atom stereocenters. The molecule has 0 aliphatic carbocycles. The van der Waals surface area contributed by atoms with Crippen molar-refractivity contribution in [3.8, 4) is 6.07 Å². The lowest BCUT2D eigenvalue weighted by Crippen LogP contribution is -2.45. The van der Waals surface area contributed by atoms with E-state index in [0.29, 0.717) is 6.41 Å². The van der Waals surface area contributed by atoms with Crippen molar-refractivity contribution < 1.29 is 19.1 Å². The molecular formula is C16H19N3O4. The Morgan fingerprint density at radius 3 is 2.57 bits per heavy atom. The number of nitrogens with one attached hydrogen (secondary N) is 1. The maximum Gasteiger partial charge on any atom is 0.325 e. The first-order valence-corrected chi connectivity index (χ1v) is 7.02. The zero-order chi connectivity index (χ0) is 17.2. The summed E-state index contributed by atoms with van der Waals surface area (Å²) in [6, 6.07) is 10.2. The fourth-order valence-electron chi connectivity index (χ4n) is 2.00. The van der Waals surface area contributed by atoms with E-state index < -0.39 is 23.8 Å². The summed E-state index contributed by atoms with van der Waals surface area (Å²) in [5.74, 6) is -1.88. The first-order valence-electron chi connectivity index (χ1n) is 7.02. The van der Waals surface area contributed by atoms with Gasteiger partial charge in [-0.2, -0.15) is 5.26 Å². The number of hydrogen-bond acceptors (Lipinski definition) is 5. The molecule has 23 heavy (non-hydrogen) atoms. The number of hydrogen-bond donors (Lipinski definition) is 1. The molecule has 122 valence electrons. The molecule has 1 aromatic carbocycles. The third-order valence-corrected chi connectivity index (χ3v) is 3.35.